The Kier molecular flexibility index (Phi) is 3.56. The van der Waals surface area contributed by atoms with Crippen LogP contribution < -0.4 is 0 Å². The maximum absolute atomic E-state index is 4.52. The van der Waals surface area contributed by atoms with Gasteiger partial charge in [0.2, 0.25) is 0 Å². The summed E-state index contributed by atoms with van der Waals surface area (Å²) in [4.78, 5) is 0. The minimum absolute atomic E-state index is 0.312. The molecule has 0 saturated heterocycles. The molecule has 0 radical (unpaired) electrons. The molecule has 1 heterocycles. The number of hydrogen-bond acceptors (Lipinski definition) is 2. The molecule has 1 aliphatic carbocycles. The van der Waals surface area contributed by atoms with Gasteiger partial charge in [0.05, 0.1) is 11.4 Å². The van der Waals surface area contributed by atoms with E-state index in [2.05, 4.69) is 68.2 Å². The molecule has 3 rings (SSSR count). The highest BCUT2D eigenvalue weighted by molar-refractivity contribution is 5.36. The van der Waals surface area contributed by atoms with Gasteiger partial charge in [-0.05, 0) is 49.8 Å². The summed E-state index contributed by atoms with van der Waals surface area (Å²) in [6.07, 6.45) is 3.56. The van der Waals surface area contributed by atoms with Gasteiger partial charge in [0.1, 0.15) is 0 Å². The molecule has 2 heteroatoms. The molecule has 0 amide bonds. The highest BCUT2D eigenvalue weighted by Crippen LogP contribution is 2.50. The number of rotatable bonds is 4. The first-order chi connectivity index (χ1) is 10.00. The maximum Gasteiger partial charge on any atom is 0.0669 e. The topological polar surface area (TPSA) is 25.8 Å². The second kappa shape index (κ2) is 5.25. The molecule has 0 unspecified atom stereocenters. The Morgan fingerprint density at radius 2 is 1.71 bits per heavy atom. The molecule has 1 saturated carbocycles. The quantitative estimate of drug-likeness (QED) is 0.824. The fourth-order valence-corrected chi connectivity index (χ4v) is 2.93. The Hall–Kier alpha value is -1.70. The lowest BCUT2D eigenvalue weighted by Gasteiger charge is -2.17. The first kappa shape index (κ1) is 14.2. The monoisotopic (exact) mass is 280 g/mol. The molecule has 110 valence electrons. The smallest absolute Gasteiger partial charge is 0.0669 e. The lowest BCUT2D eigenvalue weighted by molar-refractivity contribution is 0.650. The normalized spacial score (nSPS) is 16.2. The predicted octanol–water partition coefficient (Wildman–Crippen LogP) is 4.49. The van der Waals surface area contributed by atoms with E-state index < -0.39 is 0 Å². The van der Waals surface area contributed by atoms with Crippen LogP contribution in [-0.4, -0.2) is 10.2 Å². The van der Waals surface area contributed by atoms with E-state index in [1.807, 2.05) is 0 Å². The summed E-state index contributed by atoms with van der Waals surface area (Å²) in [5.41, 5.74) is 6.64. The number of benzene rings is 1. The zero-order chi connectivity index (χ0) is 15.0. The molecule has 0 N–H and O–H groups in total. The van der Waals surface area contributed by atoms with Crippen LogP contribution in [0.3, 0.4) is 0 Å². The second-order valence-corrected chi connectivity index (χ2v) is 6.88. The van der Waals surface area contributed by atoms with Crippen molar-refractivity contribution >= 4 is 0 Å². The van der Waals surface area contributed by atoms with E-state index in [9.17, 15) is 0 Å². The van der Waals surface area contributed by atoms with Gasteiger partial charge in [-0.2, -0.15) is 10.2 Å². The van der Waals surface area contributed by atoms with Crippen LogP contribution in [0.4, 0.5) is 0 Å². The van der Waals surface area contributed by atoms with E-state index >= 15 is 0 Å². The van der Waals surface area contributed by atoms with Crippen molar-refractivity contribution in [1.29, 1.82) is 0 Å². The van der Waals surface area contributed by atoms with Gasteiger partial charge in [-0.3, -0.25) is 0 Å². The fraction of sp³-hybridized carbons (Fsp3) is 0.474. The lowest BCUT2D eigenvalue weighted by Crippen LogP contribution is -2.14. The molecule has 2 aromatic rings. The van der Waals surface area contributed by atoms with Gasteiger partial charge in [-0.25, -0.2) is 0 Å². The van der Waals surface area contributed by atoms with E-state index in [-0.39, 0.29) is 0 Å². The van der Waals surface area contributed by atoms with E-state index in [4.69, 9.17) is 0 Å². The summed E-state index contributed by atoms with van der Waals surface area (Å²) in [5.74, 6) is 0.442. The largest absolute Gasteiger partial charge is 0.155 e. The van der Waals surface area contributed by atoms with Gasteiger partial charge in [0.15, 0.2) is 0 Å². The van der Waals surface area contributed by atoms with E-state index in [1.165, 1.54) is 29.5 Å². The second-order valence-electron chi connectivity index (χ2n) is 6.88. The summed E-state index contributed by atoms with van der Waals surface area (Å²) in [6.45, 7) is 8.64. The molecular formula is C19H24N2. The first-order valence-corrected chi connectivity index (χ1v) is 7.90. The van der Waals surface area contributed by atoms with Crippen molar-refractivity contribution in [2.24, 2.45) is 0 Å². The zero-order valence-electron chi connectivity index (χ0n) is 13.5. The van der Waals surface area contributed by atoms with Crippen molar-refractivity contribution in [2.75, 3.05) is 0 Å². The van der Waals surface area contributed by atoms with Crippen LogP contribution in [0.1, 0.15) is 60.7 Å². The van der Waals surface area contributed by atoms with Gasteiger partial charge in [0.25, 0.3) is 0 Å². The van der Waals surface area contributed by atoms with Crippen LogP contribution in [0.5, 0.6) is 0 Å². The molecule has 1 aromatic heterocycles. The Labute approximate surface area is 127 Å². The molecule has 0 aliphatic heterocycles. The SMILES string of the molecule is Cc1ccc(C2(Cc3nnc(C(C)C)cc3C)CC2)cc1. The van der Waals surface area contributed by atoms with Crippen LogP contribution in [-0.2, 0) is 11.8 Å². The third-order valence-electron chi connectivity index (χ3n) is 4.72. The van der Waals surface area contributed by atoms with Crippen molar-refractivity contribution < 1.29 is 0 Å². The van der Waals surface area contributed by atoms with Crippen LogP contribution in [0.2, 0.25) is 0 Å². The summed E-state index contributed by atoms with van der Waals surface area (Å²) in [7, 11) is 0. The fourth-order valence-electron chi connectivity index (χ4n) is 2.93. The Morgan fingerprint density at radius 1 is 1.05 bits per heavy atom. The van der Waals surface area contributed by atoms with Gasteiger partial charge in [-0.1, -0.05) is 43.7 Å². The van der Waals surface area contributed by atoms with E-state index in [0.717, 1.165) is 17.8 Å². The molecule has 21 heavy (non-hydrogen) atoms. The molecule has 0 bridgehead atoms. The number of nitrogens with zero attached hydrogens (tertiary/aromatic N) is 2. The number of aromatic nitrogens is 2. The summed E-state index contributed by atoms with van der Waals surface area (Å²) < 4.78 is 0. The highest BCUT2D eigenvalue weighted by Gasteiger charge is 2.44. The highest BCUT2D eigenvalue weighted by atomic mass is 15.1. The Bertz CT molecular complexity index is 637. The Balaban J connectivity index is 1.85. The maximum atomic E-state index is 4.52. The van der Waals surface area contributed by atoms with E-state index in [1.54, 1.807) is 0 Å². The van der Waals surface area contributed by atoms with Crippen molar-refractivity contribution in [3.8, 4) is 0 Å². The molecule has 2 nitrogen and oxygen atoms in total. The summed E-state index contributed by atoms with van der Waals surface area (Å²) >= 11 is 0. The molecule has 0 atom stereocenters. The molecule has 1 fully saturated rings. The molecule has 1 aromatic carbocycles. The standard InChI is InChI=1S/C19H24N2/c1-13(2)17-11-15(4)18(21-20-17)12-19(9-10-19)16-7-5-14(3)6-8-16/h5-8,11,13H,9-10,12H2,1-4H3. The number of hydrogen-bond donors (Lipinski definition) is 0. The van der Waals surface area contributed by atoms with Crippen LogP contribution >= 0.6 is 0 Å². The number of aryl methyl sites for hydroxylation is 2. The van der Waals surface area contributed by atoms with Crippen molar-refractivity contribution in [1.82, 2.24) is 10.2 Å². The van der Waals surface area contributed by atoms with E-state index in [0.29, 0.717) is 11.3 Å². The van der Waals surface area contributed by atoms with Gasteiger partial charge in [-0.15, -0.1) is 0 Å². The predicted molar refractivity (Wildman–Crippen MR) is 86.7 cm³/mol. The molecular weight excluding hydrogens is 256 g/mol. The minimum Gasteiger partial charge on any atom is -0.155 e. The van der Waals surface area contributed by atoms with Crippen molar-refractivity contribution in [2.45, 2.75) is 58.3 Å². The third kappa shape index (κ3) is 2.85. The van der Waals surface area contributed by atoms with Crippen molar-refractivity contribution in [3.05, 3.63) is 58.4 Å². The van der Waals surface area contributed by atoms with Gasteiger partial charge in [0, 0.05) is 11.8 Å². The van der Waals surface area contributed by atoms with Crippen molar-refractivity contribution in [3.63, 3.8) is 0 Å². The average molecular weight is 280 g/mol. The lowest BCUT2D eigenvalue weighted by atomic mass is 9.89. The minimum atomic E-state index is 0.312. The van der Waals surface area contributed by atoms with Gasteiger partial charge >= 0.3 is 0 Å². The zero-order valence-corrected chi connectivity index (χ0v) is 13.5. The summed E-state index contributed by atoms with van der Waals surface area (Å²) in [5, 5.41) is 8.93. The average Bonchev–Trinajstić information content (AvgIpc) is 3.22. The molecule has 0 spiro atoms. The van der Waals surface area contributed by atoms with Crippen LogP contribution in [0.15, 0.2) is 30.3 Å². The Morgan fingerprint density at radius 3 is 2.24 bits per heavy atom. The van der Waals surface area contributed by atoms with Crippen LogP contribution in [0.25, 0.3) is 0 Å². The van der Waals surface area contributed by atoms with Crippen LogP contribution in [0, 0.1) is 13.8 Å². The van der Waals surface area contributed by atoms with Gasteiger partial charge < -0.3 is 0 Å². The molecule has 1 aliphatic rings. The first-order valence-electron chi connectivity index (χ1n) is 7.90. The third-order valence-corrected chi connectivity index (χ3v) is 4.72. The summed E-state index contributed by atoms with van der Waals surface area (Å²) in [6, 6.07) is 11.2.